The van der Waals surface area contributed by atoms with Gasteiger partial charge in [0.25, 0.3) is 5.69 Å². The highest BCUT2D eigenvalue weighted by molar-refractivity contribution is 5.72. The van der Waals surface area contributed by atoms with Crippen molar-refractivity contribution in [3.05, 3.63) is 58.2 Å². The minimum Gasteiger partial charge on any atom is -0.493 e. The van der Waals surface area contributed by atoms with Crippen molar-refractivity contribution in [2.45, 2.75) is 6.92 Å². The quantitative estimate of drug-likeness (QED) is 0.617. The van der Waals surface area contributed by atoms with E-state index in [1.165, 1.54) is 18.5 Å². The molecular formula is C14H13N3O3. The van der Waals surface area contributed by atoms with Gasteiger partial charge in [0.2, 0.25) is 0 Å². The van der Waals surface area contributed by atoms with E-state index >= 15 is 0 Å². The molecule has 20 heavy (non-hydrogen) atoms. The third kappa shape index (κ3) is 3.38. The van der Waals surface area contributed by atoms with Crippen molar-refractivity contribution in [2.24, 2.45) is 0 Å². The lowest BCUT2D eigenvalue weighted by Crippen LogP contribution is -1.95. The summed E-state index contributed by atoms with van der Waals surface area (Å²) < 4.78 is 5.45. The molecule has 6 heteroatoms. The van der Waals surface area contributed by atoms with Gasteiger partial charge < -0.3 is 4.74 Å². The predicted molar refractivity (Wildman–Crippen MR) is 75.2 cm³/mol. The Morgan fingerprint density at radius 1 is 1.35 bits per heavy atom. The molecule has 0 unspecified atom stereocenters. The van der Waals surface area contributed by atoms with E-state index in [2.05, 4.69) is 9.97 Å². The van der Waals surface area contributed by atoms with Crippen LogP contribution in [0.2, 0.25) is 0 Å². The van der Waals surface area contributed by atoms with Gasteiger partial charge in [-0.05, 0) is 31.2 Å². The molecule has 1 heterocycles. The van der Waals surface area contributed by atoms with Crippen LogP contribution in [-0.4, -0.2) is 21.5 Å². The first-order chi connectivity index (χ1) is 9.70. The Morgan fingerprint density at radius 2 is 2.20 bits per heavy atom. The third-order valence-electron chi connectivity index (χ3n) is 2.54. The summed E-state index contributed by atoms with van der Waals surface area (Å²) in [5.41, 5.74) is 1.38. The fourth-order valence-electron chi connectivity index (χ4n) is 1.64. The van der Waals surface area contributed by atoms with Gasteiger partial charge in [0, 0.05) is 23.9 Å². The van der Waals surface area contributed by atoms with E-state index in [9.17, 15) is 10.1 Å². The predicted octanol–water partition coefficient (Wildman–Crippen LogP) is 2.95. The van der Waals surface area contributed by atoms with Crippen LogP contribution in [0.4, 0.5) is 5.69 Å². The molecule has 0 aliphatic heterocycles. The van der Waals surface area contributed by atoms with Crippen LogP contribution in [0, 0.1) is 10.1 Å². The van der Waals surface area contributed by atoms with E-state index in [4.69, 9.17) is 4.74 Å². The van der Waals surface area contributed by atoms with E-state index in [1.54, 1.807) is 30.5 Å². The lowest BCUT2D eigenvalue weighted by atomic mass is 10.1. The summed E-state index contributed by atoms with van der Waals surface area (Å²) >= 11 is 0. The lowest BCUT2D eigenvalue weighted by Gasteiger charge is -2.06. The van der Waals surface area contributed by atoms with E-state index in [0.29, 0.717) is 23.6 Å². The zero-order chi connectivity index (χ0) is 14.4. The van der Waals surface area contributed by atoms with Gasteiger partial charge in [0.15, 0.2) is 0 Å². The van der Waals surface area contributed by atoms with Crippen LogP contribution in [0.1, 0.15) is 18.2 Å². The topological polar surface area (TPSA) is 78.2 Å². The van der Waals surface area contributed by atoms with Crippen molar-refractivity contribution >= 4 is 17.8 Å². The summed E-state index contributed by atoms with van der Waals surface area (Å²) in [4.78, 5) is 18.3. The molecule has 102 valence electrons. The van der Waals surface area contributed by atoms with Gasteiger partial charge in [0.05, 0.1) is 17.2 Å². The molecule has 2 rings (SSSR count). The standard InChI is InChI=1S/C14H13N3O3/c1-2-20-14-6-5-13(17(18)19)9-11(14)3-4-12-7-8-15-10-16-12/h3-10H,2H2,1H3. The molecule has 2 aromatic rings. The highest BCUT2D eigenvalue weighted by atomic mass is 16.6. The van der Waals surface area contributed by atoms with Crippen molar-refractivity contribution in [3.63, 3.8) is 0 Å². The van der Waals surface area contributed by atoms with E-state index < -0.39 is 4.92 Å². The summed E-state index contributed by atoms with van der Waals surface area (Å²) in [5, 5.41) is 10.8. The van der Waals surface area contributed by atoms with Crippen molar-refractivity contribution in [3.8, 4) is 5.75 Å². The minimum atomic E-state index is -0.433. The number of nitro benzene ring substituents is 1. The number of hydrogen-bond donors (Lipinski definition) is 0. The summed E-state index contributed by atoms with van der Waals surface area (Å²) in [7, 11) is 0. The molecular weight excluding hydrogens is 258 g/mol. The van der Waals surface area contributed by atoms with Crippen molar-refractivity contribution < 1.29 is 9.66 Å². The summed E-state index contributed by atoms with van der Waals surface area (Å²) in [6.07, 6.45) is 6.56. The van der Waals surface area contributed by atoms with Crippen molar-refractivity contribution in [2.75, 3.05) is 6.61 Å². The van der Waals surface area contributed by atoms with Gasteiger partial charge in [-0.25, -0.2) is 9.97 Å². The van der Waals surface area contributed by atoms with Gasteiger partial charge in [-0.1, -0.05) is 0 Å². The molecule has 0 aliphatic rings. The zero-order valence-corrected chi connectivity index (χ0v) is 10.9. The van der Waals surface area contributed by atoms with E-state index in [1.807, 2.05) is 6.92 Å². The molecule has 0 atom stereocenters. The molecule has 0 bridgehead atoms. The zero-order valence-electron chi connectivity index (χ0n) is 10.9. The average Bonchev–Trinajstić information content (AvgIpc) is 2.47. The highest BCUT2D eigenvalue weighted by Gasteiger charge is 2.09. The van der Waals surface area contributed by atoms with E-state index in [0.717, 1.165) is 0 Å². The Hall–Kier alpha value is -2.76. The van der Waals surface area contributed by atoms with Gasteiger partial charge >= 0.3 is 0 Å². The Morgan fingerprint density at radius 3 is 2.85 bits per heavy atom. The maximum atomic E-state index is 10.8. The number of ether oxygens (including phenoxy) is 1. The number of hydrogen-bond acceptors (Lipinski definition) is 5. The number of nitrogens with zero attached hydrogens (tertiary/aromatic N) is 3. The second-order valence-corrected chi connectivity index (χ2v) is 3.88. The Labute approximate surface area is 115 Å². The average molecular weight is 271 g/mol. The Balaban J connectivity index is 2.34. The lowest BCUT2D eigenvalue weighted by molar-refractivity contribution is -0.384. The summed E-state index contributed by atoms with van der Waals surface area (Å²) in [5.74, 6) is 0.600. The molecule has 0 spiro atoms. The van der Waals surface area contributed by atoms with Crippen LogP contribution in [0.5, 0.6) is 5.75 Å². The fourth-order valence-corrected chi connectivity index (χ4v) is 1.64. The molecule has 1 aromatic heterocycles. The normalized spacial score (nSPS) is 10.7. The summed E-state index contributed by atoms with van der Waals surface area (Å²) in [6, 6.07) is 6.24. The van der Waals surface area contributed by atoms with Crippen molar-refractivity contribution in [1.82, 2.24) is 9.97 Å². The number of benzene rings is 1. The molecule has 0 fully saturated rings. The van der Waals surface area contributed by atoms with Crippen LogP contribution < -0.4 is 4.74 Å². The molecule has 0 saturated heterocycles. The number of non-ortho nitro benzene ring substituents is 1. The fraction of sp³-hybridized carbons (Fsp3) is 0.143. The molecule has 0 saturated carbocycles. The van der Waals surface area contributed by atoms with Crippen LogP contribution in [-0.2, 0) is 0 Å². The van der Waals surface area contributed by atoms with Crippen LogP contribution in [0.15, 0.2) is 36.8 Å². The SMILES string of the molecule is CCOc1ccc([N+](=O)[O-])cc1C=Cc1ccncn1. The maximum absolute atomic E-state index is 10.8. The van der Waals surface area contributed by atoms with Crippen LogP contribution in [0.25, 0.3) is 12.2 Å². The molecule has 0 amide bonds. The maximum Gasteiger partial charge on any atom is 0.270 e. The first-order valence-corrected chi connectivity index (χ1v) is 6.06. The molecule has 0 aliphatic carbocycles. The summed E-state index contributed by atoms with van der Waals surface area (Å²) in [6.45, 7) is 2.35. The first kappa shape index (κ1) is 13.7. The number of aromatic nitrogens is 2. The van der Waals surface area contributed by atoms with Crippen LogP contribution in [0.3, 0.4) is 0 Å². The van der Waals surface area contributed by atoms with E-state index in [-0.39, 0.29) is 5.69 Å². The van der Waals surface area contributed by atoms with Gasteiger partial charge in [-0.15, -0.1) is 0 Å². The largest absolute Gasteiger partial charge is 0.493 e. The molecule has 0 radical (unpaired) electrons. The van der Waals surface area contributed by atoms with Crippen LogP contribution >= 0.6 is 0 Å². The van der Waals surface area contributed by atoms with Gasteiger partial charge in [-0.3, -0.25) is 10.1 Å². The van der Waals surface area contributed by atoms with Gasteiger partial charge in [0.1, 0.15) is 12.1 Å². The minimum absolute atomic E-state index is 0.0239. The third-order valence-corrected chi connectivity index (χ3v) is 2.54. The first-order valence-electron chi connectivity index (χ1n) is 6.06. The second kappa shape index (κ2) is 6.42. The smallest absolute Gasteiger partial charge is 0.270 e. The molecule has 1 aromatic carbocycles. The monoisotopic (exact) mass is 271 g/mol. The number of rotatable bonds is 5. The number of nitro groups is 1. The van der Waals surface area contributed by atoms with Crippen molar-refractivity contribution in [1.29, 1.82) is 0 Å². The second-order valence-electron chi connectivity index (χ2n) is 3.88. The van der Waals surface area contributed by atoms with Gasteiger partial charge in [-0.2, -0.15) is 0 Å². The Kier molecular flexibility index (Phi) is 4.39. The Bertz CT molecular complexity index is 627. The highest BCUT2D eigenvalue weighted by Crippen LogP contribution is 2.26. The molecule has 6 nitrogen and oxygen atoms in total. The molecule has 0 N–H and O–H groups in total.